The van der Waals surface area contributed by atoms with Gasteiger partial charge in [0.15, 0.2) is 0 Å². The molecule has 0 atom stereocenters. The second-order valence-electron chi connectivity index (χ2n) is 4.64. The quantitative estimate of drug-likeness (QED) is 0.681. The highest BCUT2D eigenvalue weighted by molar-refractivity contribution is 6.17. The van der Waals surface area contributed by atoms with Crippen molar-refractivity contribution in [3.63, 3.8) is 0 Å². The van der Waals surface area contributed by atoms with Crippen LogP contribution in [0.5, 0.6) is 0 Å². The molecule has 0 bridgehead atoms. The van der Waals surface area contributed by atoms with Crippen LogP contribution in [-0.2, 0) is 5.88 Å². The SMILES string of the molecule is O=C(c1ccc(CCl)cc1)n1c(=O)oc(=O)c2ccccc21. The average Bonchev–Trinajstić information content (AvgIpc) is 2.55. The van der Waals surface area contributed by atoms with Crippen molar-refractivity contribution in [2.24, 2.45) is 0 Å². The third-order valence-corrected chi connectivity index (χ3v) is 3.59. The Bertz CT molecular complexity index is 970. The van der Waals surface area contributed by atoms with E-state index in [1.54, 1.807) is 36.4 Å². The molecule has 0 spiro atoms. The first-order valence-corrected chi connectivity index (χ1v) is 7.00. The molecule has 0 amide bonds. The van der Waals surface area contributed by atoms with Crippen molar-refractivity contribution in [2.45, 2.75) is 5.88 Å². The van der Waals surface area contributed by atoms with E-state index in [-0.39, 0.29) is 10.9 Å². The van der Waals surface area contributed by atoms with Gasteiger partial charge in [0.2, 0.25) is 0 Å². The van der Waals surface area contributed by atoms with Crippen LogP contribution < -0.4 is 11.4 Å². The predicted molar refractivity (Wildman–Crippen MR) is 82.5 cm³/mol. The highest BCUT2D eigenvalue weighted by Crippen LogP contribution is 2.12. The number of hydrogen-bond donors (Lipinski definition) is 0. The van der Waals surface area contributed by atoms with Crippen LogP contribution in [0.25, 0.3) is 10.9 Å². The number of benzene rings is 2. The van der Waals surface area contributed by atoms with Crippen molar-refractivity contribution in [3.8, 4) is 0 Å². The molecule has 0 radical (unpaired) electrons. The summed E-state index contributed by atoms with van der Waals surface area (Å²) in [4.78, 5) is 36.2. The van der Waals surface area contributed by atoms with Gasteiger partial charge in [-0.2, -0.15) is 0 Å². The second kappa shape index (κ2) is 5.61. The molecular formula is C16H10ClNO4. The van der Waals surface area contributed by atoms with Crippen LogP contribution >= 0.6 is 11.6 Å². The van der Waals surface area contributed by atoms with Crippen LogP contribution in [0.3, 0.4) is 0 Å². The van der Waals surface area contributed by atoms with E-state index in [0.29, 0.717) is 11.4 Å². The van der Waals surface area contributed by atoms with Crippen molar-refractivity contribution in [1.29, 1.82) is 0 Å². The highest BCUT2D eigenvalue weighted by Gasteiger charge is 2.16. The van der Waals surface area contributed by atoms with Gasteiger partial charge in [0, 0.05) is 11.4 Å². The molecule has 3 rings (SSSR count). The van der Waals surface area contributed by atoms with E-state index >= 15 is 0 Å². The minimum Gasteiger partial charge on any atom is -0.372 e. The van der Waals surface area contributed by atoms with E-state index in [4.69, 9.17) is 11.6 Å². The molecule has 5 nitrogen and oxygen atoms in total. The zero-order valence-corrected chi connectivity index (χ0v) is 12.0. The van der Waals surface area contributed by atoms with Gasteiger partial charge in [-0.25, -0.2) is 14.2 Å². The number of carbonyl (C=O) groups excluding carboxylic acids is 1. The smallest absolute Gasteiger partial charge is 0.372 e. The first-order chi connectivity index (χ1) is 10.6. The lowest BCUT2D eigenvalue weighted by molar-refractivity contribution is 0.0951. The van der Waals surface area contributed by atoms with E-state index in [2.05, 4.69) is 4.42 Å². The molecule has 0 N–H and O–H groups in total. The molecule has 22 heavy (non-hydrogen) atoms. The fourth-order valence-electron chi connectivity index (χ4n) is 2.18. The Balaban J connectivity index is 2.23. The van der Waals surface area contributed by atoms with Crippen LogP contribution in [0.2, 0.25) is 0 Å². The van der Waals surface area contributed by atoms with Gasteiger partial charge in [0.05, 0.1) is 10.9 Å². The molecule has 0 unspecified atom stereocenters. The summed E-state index contributed by atoms with van der Waals surface area (Å²) >= 11 is 5.71. The average molecular weight is 316 g/mol. The summed E-state index contributed by atoms with van der Waals surface area (Å²) in [5, 5.41) is 0.174. The third kappa shape index (κ3) is 2.35. The minimum atomic E-state index is -1.00. The maximum absolute atomic E-state index is 12.6. The van der Waals surface area contributed by atoms with Gasteiger partial charge in [-0.1, -0.05) is 24.3 Å². The van der Waals surface area contributed by atoms with E-state index in [9.17, 15) is 14.4 Å². The lowest BCUT2D eigenvalue weighted by atomic mass is 10.1. The van der Waals surface area contributed by atoms with Gasteiger partial charge >= 0.3 is 11.4 Å². The monoisotopic (exact) mass is 315 g/mol. The summed E-state index contributed by atoms with van der Waals surface area (Å²) in [5.74, 6) is -1.24. The predicted octanol–water partition coefficient (Wildman–Crippen LogP) is 2.38. The van der Waals surface area contributed by atoms with E-state index < -0.39 is 17.3 Å². The molecule has 110 valence electrons. The molecule has 3 aromatic rings. The summed E-state index contributed by atoms with van der Waals surface area (Å²) in [5.41, 5.74) is 0.613. The molecule has 2 aromatic carbocycles. The summed E-state index contributed by atoms with van der Waals surface area (Å²) < 4.78 is 5.47. The Hall–Kier alpha value is -2.66. The van der Waals surface area contributed by atoms with E-state index in [0.717, 1.165) is 10.1 Å². The summed E-state index contributed by atoms with van der Waals surface area (Å²) in [6.07, 6.45) is 0. The second-order valence-corrected chi connectivity index (χ2v) is 4.91. The van der Waals surface area contributed by atoms with Crippen LogP contribution in [0.15, 0.2) is 62.5 Å². The van der Waals surface area contributed by atoms with Crippen LogP contribution in [0, 0.1) is 0 Å². The van der Waals surface area contributed by atoms with Crippen LogP contribution in [0.1, 0.15) is 15.9 Å². The maximum atomic E-state index is 12.6. The van der Waals surface area contributed by atoms with E-state index in [1.807, 2.05) is 0 Å². The normalized spacial score (nSPS) is 10.8. The minimum absolute atomic E-state index is 0.174. The third-order valence-electron chi connectivity index (χ3n) is 3.29. The number of aromatic nitrogens is 1. The lowest BCUT2D eigenvalue weighted by Gasteiger charge is -2.07. The molecule has 1 heterocycles. The van der Waals surface area contributed by atoms with Crippen molar-refractivity contribution in [3.05, 3.63) is 80.6 Å². The van der Waals surface area contributed by atoms with Crippen LogP contribution in [0.4, 0.5) is 0 Å². The number of alkyl halides is 1. The van der Waals surface area contributed by atoms with Crippen molar-refractivity contribution in [1.82, 2.24) is 4.57 Å². The number of halogens is 1. The fourth-order valence-corrected chi connectivity index (χ4v) is 2.36. The molecule has 6 heteroatoms. The van der Waals surface area contributed by atoms with E-state index in [1.165, 1.54) is 12.1 Å². The number of para-hydroxylation sites is 1. The number of fused-ring (bicyclic) bond motifs is 1. The molecule has 0 saturated carbocycles. The molecule has 0 fully saturated rings. The fraction of sp³-hybridized carbons (Fsp3) is 0.0625. The molecular weight excluding hydrogens is 306 g/mol. The first-order valence-electron chi connectivity index (χ1n) is 6.46. The summed E-state index contributed by atoms with van der Waals surface area (Å²) in [7, 11) is 0. The zero-order chi connectivity index (χ0) is 15.7. The first kappa shape index (κ1) is 14.3. The molecule has 0 aliphatic rings. The largest absolute Gasteiger partial charge is 0.429 e. The van der Waals surface area contributed by atoms with Crippen LogP contribution in [-0.4, -0.2) is 10.5 Å². The topological polar surface area (TPSA) is 69.3 Å². The number of rotatable bonds is 2. The Morgan fingerprint density at radius 1 is 1.05 bits per heavy atom. The van der Waals surface area contributed by atoms with Gasteiger partial charge in [-0.15, -0.1) is 11.6 Å². The number of nitrogens with zero attached hydrogens (tertiary/aromatic N) is 1. The molecule has 1 aromatic heterocycles. The van der Waals surface area contributed by atoms with Gasteiger partial charge in [-0.3, -0.25) is 4.79 Å². The van der Waals surface area contributed by atoms with Crippen molar-refractivity contribution < 1.29 is 9.21 Å². The Kier molecular flexibility index (Phi) is 3.65. The molecule has 0 aliphatic heterocycles. The number of hydrogen-bond acceptors (Lipinski definition) is 4. The standard InChI is InChI=1S/C16H10ClNO4/c17-9-10-5-7-11(8-6-10)14(19)18-13-4-2-1-3-12(13)15(20)22-16(18)21/h1-8H,9H2. The Morgan fingerprint density at radius 3 is 2.41 bits per heavy atom. The lowest BCUT2D eigenvalue weighted by Crippen LogP contribution is -2.30. The van der Waals surface area contributed by atoms with Gasteiger partial charge in [0.1, 0.15) is 0 Å². The maximum Gasteiger partial charge on any atom is 0.429 e. The summed E-state index contributed by atoms with van der Waals surface area (Å²) in [6.45, 7) is 0. The number of carbonyl (C=O) groups is 1. The zero-order valence-electron chi connectivity index (χ0n) is 11.3. The molecule has 0 aliphatic carbocycles. The van der Waals surface area contributed by atoms with Gasteiger partial charge < -0.3 is 4.42 Å². The van der Waals surface area contributed by atoms with Gasteiger partial charge in [-0.05, 0) is 29.8 Å². The molecule has 0 saturated heterocycles. The Labute approximate surface area is 129 Å². The Morgan fingerprint density at radius 2 is 1.73 bits per heavy atom. The van der Waals surface area contributed by atoms with Gasteiger partial charge in [0.25, 0.3) is 5.91 Å². The van der Waals surface area contributed by atoms with Crippen molar-refractivity contribution in [2.75, 3.05) is 0 Å². The summed E-state index contributed by atoms with van der Waals surface area (Å²) in [6, 6.07) is 12.9. The highest BCUT2D eigenvalue weighted by atomic mass is 35.5. The van der Waals surface area contributed by atoms with Crippen molar-refractivity contribution >= 4 is 28.4 Å².